The number of nitrogens with zero attached hydrogens (tertiary/aromatic N) is 2. The van der Waals surface area contributed by atoms with Crippen LogP contribution in [0, 0.1) is 0 Å². The van der Waals surface area contributed by atoms with Crippen LogP contribution in [-0.4, -0.2) is 50.0 Å². The van der Waals surface area contributed by atoms with Crippen LogP contribution in [0.25, 0.3) is 0 Å². The lowest BCUT2D eigenvalue weighted by Crippen LogP contribution is -2.54. The molecule has 1 aliphatic rings. The zero-order valence-electron chi connectivity index (χ0n) is 21.2. The van der Waals surface area contributed by atoms with E-state index in [0.717, 1.165) is 42.7 Å². The number of nitrogens with one attached hydrogen (secondary N) is 1. The maximum atomic E-state index is 13.8. The van der Waals surface area contributed by atoms with Gasteiger partial charge in [-0.05, 0) is 49.1 Å². The number of anilines is 1. The number of hydrogen-bond donors (Lipinski definition) is 1. The van der Waals surface area contributed by atoms with Crippen LogP contribution in [0.2, 0.25) is 20.1 Å². The molecule has 12 heteroatoms. The standard InChI is InChI=1S/C26H31Cl4N3O4S/c1-3-22(26(35)31-19-8-5-4-6-9-19)32(15-17-12-13-18(27)14-21(17)29)24(34)16-33(38(2,36)37)23-11-7-10-20(28)25(23)30/h7,10-14,19,22H,3-6,8-9,15-16H2,1-2H3,(H,31,35)/t22-/m0/s1. The third-order valence-electron chi connectivity index (χ3n) is 6.57. The van der Waals surface area contributed by atoms with Crippen LogP contribution < -0.4 is 9.62 Å². The lowest BCUT2D eigenvalue weighted by Gasteiger charge is -2.34. The van der Waals surface area contributed by atoms with Crippen molar-refractivity contribution in [2.75, 3.05) is 17.1 Å². The minimum absolute atomic E-state index is 0.00164. The van der Waals surface area contributed by atoms with Gasteiger partial charge in [0.25, 0.3) is 0 Å². The fraction of sp³-hybridized carbons (Fsp3) is 0.462. The Morgan fingerprint density at radius 1 is 1.03 bits per heavy atom. The summed E-state index contributed by atoms with van der Waals surface area (Å²) < 4.78 is 26.5. The maximum Gasteiger partial charge on any atom is 0.244 e. The normalized spacial score (nSPS) is 15.1. The van der Waals surface area contributed by atoms with E-state index in [1.807, 2.05) is 0 Å². The van der Waals surface area contributed by atoms with Crippen molar-refractivity contribution in [3.05, 3.63) is 62.1 Å². The van der Waals surface area contributed by atoms with Crippen molar-refractivity contribution < 1.29 is 18.0 Å². The van der Waals surface area contributed by atoms with Crippen LogP contribution >= 0.6 is 46.4 Å². The molecule has 1 atom stereocenters. The molecule has 7 nitrogen and oxygen atoms in total. The predicted molar refractivity (Wildman–Crippen MR) is 155 cm³/mol. The Hall–Kier alpha value is -1.71. The molecule has 3 rings (SSSR count). The predicted octanol–water partition coefficient (Wildman–Crippen LogP) is 6.32. The molecule has 1 aliphatic carbocycles. The van der Waals surface area contributed by atoms with Crippen LogP contribution in [0.1, 0.15) is 51.0 Å². The molecule has 1 fully saturated rings. The topological polar surface area (TPSA) is 86.8 Å². The van der Waals surface area contributed by atoms with Gasteiger partial charge < -0.3 is 10.2 Å². The Kier molecular flexibility index (Phi) is 11.0. The second-order valence-electron chi connectivity index (χ2n) is 9.37. The average Bonchev–Trinajstić information content (AvgIpc) is 2.85. The number of benzene rings is 2. The minimum Gasteiger partial charge on any atom is -0.352 e. The van der Waals surface area contributed by atoms with Gasteiger partial charge in [-0.25, -0.2) is 8.42 Å². The van der Waals surface area contributed by atoms with E-state index >= 15 is 0 Å². The molecule has 2 aromatic rings. The molecule has 0 saturated heterocycles. The lowest BCUT2D eigenvalue weighted by atomic mass is 9.95. The molecule has 0 spiro atoms. The highest BCUT2D eigenvalue weighted by Crippen LogP contribution is 2.34. The number of carbonyl (C=O) groups is 2. The van der Waals surface area contributed by atoms with Crippen molar-refractivity contribution in [3.63, 3.8) is 0 Å². The van der Waals surface area contributed by atoms with Crippen LogP contribution in [-0.2, 0) is 26.2 Å². The van der Waals surface area contributed by atoms with Gasteiger partial charge in [-0.1, -0.05) is 84.7 Å². The van der Waals surface area contributed by atoms with Crippen molar-refractivity contribution in [2.45, 2.75) is 64.1 Å². The highest BCUT2D eigenvalue weighted by Gasteiger charge is 2.33. The third kappa shape index (κ3) is 7.92. The molecule has 38 heavy (non-hydrogen) atoms. The molecule has 0 unspecified atom stereocenters. The number of sulfonamides is 1. The molecule has 1 N–H and O–H groups in total. The first-order valence-electron chi connectivity index (χ1n) is 12.4. The molecular formula is C26H31Cl4N3O4S. The van der Waals surface area contributed by atoms with Crippen molar-refractivity contribution >= 4 is 73.9 Å². The van der Waals surface area contributed by atoms with E-state index < -0.39 is 28.5 Å². The summed E-state index contributed by atoms with van der Waals surface area (Å²) in [4.78, 5) is 28.6. The Morgan fingerprint density at radius 2 is 1.71 bits per heavy atom. The highest BCUT2D eigenvalue weighted by atomic mass is 35.5. The first-order chi connectivity index (χ1) is 17.9. The van der Waals surface area contributed by atoms with E-state index in [-0.39, 0.29) is 34.2 Å². The second-order valence-corrected chi connectivity index (χ2v) is 12.9. The zero-order valence-corrected chi connectivity index (χ0v) is 25.1. The number of carbonyl (C=O) groups excluding carboxylic acids is 2. The van der Waals surface area contributed by atoms with Gasteiger partial charge in [-0.2, -0.15) is 0 Å². The van der Waals surface area contributed by atoms with Gasteiger partial charge in [0, 0.05) is 22.6 Å². The molecule has 208 valence electrons. The largest absolute Gasteiger partial charge is 0.352 e. The molecule has 0 aliphatic heterocycles. The summed E-state index contributed by atoms with van der Waals surface area (Å²) in [6, 6.07) is 8.60. The minimum atomic E-state index is -3.95. The summed E-state index contributed by atoms with van der Waals surface area (Å²) in [6.07, 6.45) is 6.26. The van der Waals surface area contributed by atoms with Gasteiger partial charge in [-0.3, -0.25) is 13.9 Å². The molecule has 0 bridgehead atoms. The van der Waals surface area contributed by atoms with Crippen LogP contribution in [0.15, 0.2) is 36.4 Å². The summed E-state index contributed by atoms with van der Waals surface area (Å²) in [5.41, 5.74) is 0.638. The van der Waals surface area contributed by atoms with Crippen LogP contribution in [0.4, 0.5) is 5.69 Å². The quantitative estimate of drug-likeness (QED) is 0.336. The Bertz CT molecular complexity index is 1270. The van der Waals surface area contributed by atoms with E-state index in [0.29, 0.717) is 22.0 Å². The number of halogens is 4. The SMILES string of the molecule is CC[C@@H](C(=O)NC1CCCCC1)N(Cc1ccc(Cl)cc1Cl)C(=O)CN(c1cccc(Cl)c1Cl)S(C)(=O)=O. The fourth-order valence-electron chi connectivity index (χ4n) is 4.58. The maximum absolute atomic E-state index is 13.8. The molecule has 1 saturated carbocycles. The smallest absolute Gasteiger partial charge is 0.244 e. The first-order valence-corrected chi connectivity index (χ1v) is 15.7. The molecule has 0 heterocycles. The summed E-state index contributed by atoms with van der Waals surface area (Å²) >= 11 is 24.9. The monoisotopic (exact) mass is 621 g/mol. The molecular weight excluding hydrogens is 592 g/mol. The molecule has 0 radical (unpaired) electrons. The van der Waals surface area contributed by atoms with Crippen molar-refractivity contribution in [3.8, 4) is 0 Å². The summed E-state index contributed by atoms with van der Waals surface area (Å²) in [5.74, 6) is -0.882. The zero-order chi connectivity index (χ0) is 28.0. The van der Waals surface area contributed by atoms with Crippen molar-refractivity contribution in [2.24, 2.45) is 0 Å². The highest BCUT2D eigenvalue weighted by molar-refractivity contribution is 7.92. The van der Waals surface area contributed by atoms with E-state index in [2.05, 4.69) is 5.32 Å². The lowest BCUT2D eigenvalue weighted by molar-refractivity contribution is -0.140. The Labute approximate surface area is 244 Å². The van der Waals surface area contributed by atoms with Gasteiger partial charge in [0.1, 0.15) is 12.6 Å². The number of hydrogen-bond acceptors (Lipinski definition) is 4. The summed E-state index contributed by atoms with van der Waals surface area (Å²) in [7, 11) is -3.95. The van der Waals surface area contributed by atoms with Gasteiger partial charge in [0.2, 0.25) is 21.8 Å². The van der Waals surface area contributed by atoms with E-state index in [1.165, 1.54) is 17.0 Å². The van der Waals surface area contributed by atoms with Crippen LogP contribution in [0.3, 0.4) is 0 Å². The second kappa shape index (κ2) is 13.6. The van der Waals surface area contributed by atoms with Gasteiger partial charge in [0.15, 0.2) is 0 Å². The molecule has 0 aromatic heterocycles. The van der Waals surface area contributed by atoms with E-state index in [9.17, 15) is 18.0 Å². The Balaban J connectivity index is 1.97. The van der Waals surface area contributed by atoms with Crippen LogP contribution in [0.5, 0.6) is 0 Å². The molecule has 2 aromatic carbocycles. The van der Waals surface area contributed by atoms with Gasteiger partial charge in [-0.15, -0.1) is 0 Å². The van der Waals surface area contributed by atoms with E-state index in [1.54, 1.807) is 31.2 Å². The number of rotatable bonds is 10. The Morgan fingerprint density at radius 3 is 2.32 bits per heavy atom. The first kappa shape index (κ1) is 30.8. The average molecular weight is 623 g/mol. The van der Waals surface area contributed by atoms with Gasteiger partial charge >= 0.3 is 0 Å². The van der Waals surface area contributed by atoms with Crippen molar-refractivity contribution in [1.82, 2.24) is 10.2 Å². The van der Waals surface area contributed by atoms with Gasteiger partial charge in [0.05, 0.1) is 22.0 Å². The van der Waals surface area contributed by atoms with Crippen molar-refractivity contribution in [1.29, 1.82) is 0 Å². The summed E-state index contributed by atoms with van der Waals surface area (Å²) in [6.45, 7) is 1.20. The summed E-state index contributed by atoms with van der Waals surface area (Å²) in [5, 5.41) is 4.00. The number of amides is 2. The third-order valence-corrected chi connectivity index (χ3v) is 9.09. The fourth-order valence-corrected chi connectivity index (χ4v) is 6.35. The molecule has 2 amide bonds. The van der Waals surface area contributed by atoms with E-state index in [4.69, 9.17) is 46.4 Å².